The van der Waals surface area contributed by atoms with Gasteiger partial charge in [-0.2, -0.15) is 10.2 Å². The molecule has 1 unspecified atom stereocenters. The van der Waals surface area contributed by atoms with Gasteiger partial charge in [0.2, 0.25) is 0 Å². The molecule has 2 heterocycles. The first-order chi connectivity index (χ1) is 7.88. The Morgan fingerprint density at radius 3 is 3.31 bits per heavy atom. The van der Waals surface area contributed by atoms with E-state index in [0.29, 0.717) is 24.2 Å². The molecule has 1 atom stereocenters. The number of hydrogen-bond acceptors (Lipinski definition) is 5. The Hall–Kier alpha value is -1.67. The number of nitrogens with zero attached hydrogens (tertiary/aromatic N) is 3. The van der Waals surface area contributed by atoms with E-state index >= 15 is 0 Å². The molecule has 0 radical (unpaired) electrons. The van der Waals surface area contributed by atoms with E-state index in [-0.39, 0.29) is 0 Å². The summed E-state index contributed by atoms with van der Waals surface area (Å²) in [6.07, 6.45) is 3.76. The van der Waals surface area contributed by atoms with Gasteiger partial charge >= 0.3 is 6.01 Å². The molecule has 0 bridgehead atoms. The smallest absolute Gasteiger partial charge is 0.317 e. The molecule has 0 saturated carbocycles. The lowest BCUT2D eigenvalue weighted by Crippen LogP contribution is -2.12. The average Bonchev–Trinajstić information content (AvgIpc) is 2.82. The largest absolute Gasteiger partial charge is 0.463 e. The standard InChI is InChI=1S/C11H14N4O/c12-7-10-2-5-14-11(15-10)16-6-3-9-1-4-13-8-9/h2,5,9,13H,1,3-4,6,8H2. The van der Waals surface area contributed by atoms with Gasteiger partial charge in [0.15, 0.2) is 0 Å². The first-order valence-electron chi connectivity index (χ1n) is 5.45. The van der Waals surface area contributed by atoms with Crippen LogP contribution in [0.2, 0.25) is 0 Å². The van der Waals surface area contributed by atoms with E-state index in [2.05, 4.69) is 15.3 Å². The van der Waals surface area contributed by atoms with Gasteiger partial charge in [0.25, 0.3) is 0 Å². The summed E-state index contributed by atoms with van der Waals surface area (Å²) in [5.74, 6) is 0.694. The van der Waals surface area contributed by atoms with Crippen molar-refractivity contribution < 1.29 is 4.74 Å². The number of nitrogens with one attached hydrogen (secondary N) is 1. The summed E-state index contributed by atoms with van der Waals surface area (Å²) in [7, 11) is 0. The molecule has 5 nitrogen and oxygen atoms in total. The minimum Gasteiger partial charge on any atom is -0.463 e. The van der Waals surface area contributed by atoms with Crippen LogP contribution in [0.25, 0.3) is 0 Å². The molecule has 1 aromatic rings. The van der Waals surface area contributed by atoms with Crippen molar-refractivity contribution in [2.75, 3.05) is 19.7 Å². The molecule has 16 heavy (non-hydrogen) atoms. The fourth-order valence-corrected chi connectivity index (χ4v) is 1.75. The van der Waals surface area contributed by atoms with Crippen molar-refractivity contribution in [3.05, 3.63) is 18.0 Å². The lowest BCUT2D eigenvalue weighted by Gasteiger charge is -2.08. The fourth-order valence-electron chi connectivity index (χ4n) is 1.75. The van der Waals surface area contributed by atoms with Crippen LogP contribution in [0.5, 0.6) is 6.01 Å². The predicted octanol–water partition coefficient (Wildman–Crippen LogP) is 0.727. The molecule has 0 spiro atoms. The Kier molecular flexibility index (Phi) is 3.67. The van der Waals surface area contributed by atoms with Gasteiger partial charge in [0, 0.05) is 6.20 Å². The van der Waals surface area contributed by atoms with Crippen LogP contribution in [-0.2, 0) is 0 Å². The SMILES string of the molecule is N#Cc1ccnc(OCCC2CCNC2)n1. The van der Waals surface area contributed by atoms with Crippen LogP contribution in [0.1, 0.15) is 18.5 Å². The summed E-state index contributed by atoms with van der Waals surface area (Å²) in [6.45, 7) is 2.79. The molecule has 1 aliphatic rings. The van der Waals surface area contributed by atoms with E-state index in [1.54, 1.807) is 6.07 Å². The van der Waals surface area contributed by atoms with E-state index < -0.39 is 0 Å². The van der Waals surface area contributed by atoms with Gasteiger partial charge < -0.3 is 10.1 Å². The lowest BCUT2D eigenvalue weighted by molar-refractivity contribution is 0.263. The molecule has 84 valence electrons. The normalized spacial score (nSPS) is 19.3. The van der Waals surface area contributed by atoms with Crippen LogP contribution >= 0.6 is 0 Å². The van der Waals surface area contributed by atoms with E-state index in [9.17, 15) is 0 Å². The molecule has 1 N–H and O–H groups in total. The quantitative estimate of drug-likeness (QED) is 0.806. The van der Waals surface area contributed by atoms with Gasteiger partial charge in [0.05, 0.1) is 6.61 Å². The molecular formula is C11H14N4O. The number of nitriles is 1. The minimum atomic E-state index is 0.296. The second-order valence-corrected chi connectivity index (χ2v) is 3.83. The summed E-state index contributed by atoms with van der Waals surface area (Å²) in [5, 5.41) is 12.0. The second-order valence-electron chi connectivity index (χ2n) is 3.83. The van der Waals surface area contributed by atoms with E-state index in [0.717, 1.165) is 19.5 Å². The van der Waals surface area contributed by atoms with Gasteiger partial charge in [-0.05, 0) is 37.9 Å². The van der Waals surface area contributed by atoms with E-state index in [1.165, 1.54) is 12.6 Å². The van der Waals surface area contributed by atoms with Crippen molar-refractivity contribution in [1.29, 1.82) is 5.26 Å². The highest BCUT2D eigenvalue weighted by Gasteiger charge is 2.14. The van der Waals surface area contributed by atoms with E-state index in [4.69, 9.17) is 10.00 Å². The molecule has 1 aliphatic heterocycles. The zero-order valence-corrected chi connectivity index (χ0v) is 9.02. The van der Waals surface area contributed by atoms with Crippen LogP contribution in [0.4, 0.5) is 0 Å². The molecule has 0 aliphatic carbocycles. The van der Waals surface area contributed by atoms with Gasteiger partial charge in [0.1, 0.15) is 11.8 Å². The maximum absolute atomic E-state index is 8.66. The third-order valence-electron chi connectivity index (χ3n) is 2.67. The van der Waals surface area contributed by atoms with Gasteiger partial charge in [-0.3, -0.25) is 0 Å². The fraction of sp³-hybridized carbons (Fsp3) is 0.545. The van der Waals surface area contributed by atoms with Crippen molar-refractivity contribution in [2.45, 2.75) is 12.8 Å². The summed E-state index contributed by atoms with van der Waals surface area (Å²) in [5.41, 5.74) is 0.340. The highest BCUT2D eigenvalue weighted by atomic mass is 16.5. The Morgan fingerprint density at radius 2 is 2.56 bits per heavy atom. The van der Waals surface area contributed by atoms with Crippen molar-refractivity contribution in [1.82, 2.24) is 15.3 Å². The topological polar surface area (TPSA) is 70.8 Å². The highest BCUT2D eigenvalue weighted by molar-refractivity contribution is 5.19. The summed E-state index contributed by atoms with van der Waals surface area (Å²) < 4.78 is 5.41. The van der Waals surface area contributed by atoms with Crippen LogP contribution in [0, 0.1) is 17.2 Å². The first kappa shape index (κ1) is 10.8. The third-order valence-corrected chi connectivity index (χ3v) is 2.67. The van der Waals surface area contributed by atoms with Crippen molar-refractivity contribution in [3.63, 3.8) is 0 Å². The molecule has 1 saturated heterocycles. The van der Waals surface area contributed by atoms with Crippen molar-refractivity contribution in [3.8, 4) is 12.1 Å². The number of aromatic nitrogens is 2. The third kappa shape index (κ3) is 2.91. The van der Waals surface area contributed by atoms with Crippen LogP contribution in [-0.4, -0.2) is 29.7 Å². The summed E-state index contributed by atoms with van der Waals surface area (Å²) >= 11 is 0. The molecular weight excluding hydrogens is 204 g/mol. The first-order valence-corrected chi connectivity index (χ1v) is 5.45. The summed E-state index contributed by atoms with van der Waals surface area (Å²) in [4.78, 5) is 7.90. The van der Waals surface area contributed by atoms with Crippen LogP contribution < -0.4 is 10.1 Å². The number of hydrogen-bond donors (Lipinski definition) is 1. The molecule has 0 aromatic carbocycles. The molecule has 1 aromatic heterocycles. The monoisotopic (exact) mass is 218 g/mol. The predicted molar refractivity (Wildman–Crippen MR) is 57.8 cm³/mol. The number of ether oxygens (including phenoxy) is 1. The van der Waals surface area contributed by atoms with E-state index in [1.807, 2.05) is 6.07 Å². The van der Waals surface area contributed by atoms with Crippen molar-refractivity contribution in [2.24, 2.45) is 5.92 Å². The molecule has 1 fully saturated rings. The zero-order valence-electron chi connectivity index (χ0n) is 9.02. The van der Waals surface area contributed by atoms with Gasteiger partial charge in [-0.1, -0.05) is 0 Å². The minimum absolute atomic E-state index is 0.296. The molecule has 5 heteroatoms. The highest BCUT2D eigenvalue weighted by Crippen LogP contribution is 2.12. The van der Waals surface area contributed by atoms with Gasteiger partial charge in [-0.15, -0.1) is 0 Å². The lowest BCUT2D eigenvalue weighted by atomic mass is 10.1. The van der Waals surface area contributed by atoms with Crippen LogP contribution in [0.3, 0.4) is 0 Å². The zero-order chi connectivity index (χ0) is 11.2. The molecule has 2 rings (SSSR count). The maximum Gasteiger partial charge on any atom is 0.317 e. The maximum atomic E-state index is 8.66. The Morgan fingerprint density at radius 1 is 1.62 bits per heavy atom. The second kappa shape index (κ2) is 5.42. The average molecular weight is 218 g/mol. The Labute approximate surface area is 94.5 Å². The molecule has 0 amide bonds. The van der Waals surface area contributed by atoms with Gasteiger partial charge in [-0.25, -0.2) is 4.98 Å². The van der Waals surface area contributed by atoms with Crippen molar-refractivity contribution >= 4 is 0 Å². The summed E-state index contributed by atoms with van der Waals surface area (Å²) in [6, 6.07) is 3.82. The Bertz CT molecular complexity index is 382. The van der Waals surface area contributed by atoms with Crippen LogP contribution in [0.15, 0.2) is 12.3 Å². The number of rotatable bonds is 4. The Balaban J connectivity index is 1.78.